The smallest absolute Gasteiger partial charge is 0.165 e. The summed E-state index contributed by atoms with van der Waals surface area (Å²) in [6.07, 6.45) is 5.58. The van der Waals surface area contributed by atoms with Crippen LogP contribution < -0.4 is 10.7 Å². The summed E-state index contributed by atoms with van der Waals surface area (Å²) in [5.41, 5.74) is 1.06. The molecule has 0 bridgehead atoms. The molecule has 0 fully saturated rings. The van der Waals surface area contributed by atoms with Crippen molar-refractivity contribution in [2.75, 3.05) is 0 Å². The Morgan fingerprint density at radius 1 is 1.55 bits per heavy atom. The average Bonchev–Trinajstić information content (AvgIpc) is 2.52. The van der Waals surface area contributed by atoms with Gasteiger partial charge < -0.3 is 9.30 Å². The maximum atomic E-state index is 5.14. The molecular formula is C8H6N2O. The molecule has 3 rings (SSSR count). The maximum absolute atomic E-state index is 5.14. The predicted octanol–water partition coefficient (Wildman–Crippen LogP) is -0.290. The van der Waals surface area contributed by atoms with Gasteiger partial charge in [0, 0.05) is 6.21 Å². The van der Waals surface area contributed by atoms with E-state index in [1.165, 1.54) is 0 Å². The van der Waals surface area contributed by atoms with E-state index in [0.717, 1.165) is 16.4 Å². The van der Waals surface area contributed by atoms with Gasteiger partial charge in [0.05, 0.1) is 16.4 Å². The lowest BCUT2D eigenvalue weighted by atomic mass is 10.5. The molecular weight excluding hydrogens is 140 g/mol. The normalized spacial score (nSPS) is 16.7. The van der Waals surface area contributed by atoms with E-state index in [9.17, 15) is 0 Å². The quantitative estimate of drug-likeness (QED) is 0.494. The number of rotatable bonds is 0. The molecule has 0 amide bonds. The molecule has 0 aliphatic carbocycles. The van der Waals surface area contributed by atoms with Gasteiger partial charge in [-0.3, -0.25) is 4.99 Å². The molecule has 1 aromatic heterocycles. The van der Waals surface area contributed by atoms with Crippen molar-refractivity contribution >= 4 is 24.2 Å². The van der Waals surface area contributed by atoms with Crippen LogP contribution in [0.1, 0.15) is 0 Å². The number of hydrogen-bond donors (Lipinski definition) is 0. The van der Waals surface area contributed by atoms with Crippen molar-refractivity contribution in [1.29, 1.82) is 0 Å². The summed E-state index contributed by atoms with van der Waals surface area (Å²) in [5, 5.41) is 2.27. The number of fused-ring (bicyclic) bond motifs is 3. The molecule has 0 radical (unpaired) electrons. The summed E-state index contributed by atoms with van der Waals surface area (Å²) in [7, 11) is 0. The zero-order valence-corrected chi connectivity index (χ0v) is 5.82. The molecule has 0 N–H and O–H groups in total. The maximum Gasteiger partial charge on any atom is 0.165 e. The molecule has 2 aliphatic heterocycles. The molecule has 3 nitrogen and oxygen atoms in total. The predicted molar refractivity (Wildman–Crippen MR) is 41.8 cm³/mol. The van der Waals surface area contributed by atoms with Gasteiger partial charge in [-0.05, 0) is 12.1 Å². The van der Waals surface area contributed by atoms with Crippen LogP contribution in [0.5, 0.6) is 0 Å². The Balaban J connectivity index is 2.53. The molecule has 11 heavy (non-hydrogen) atoms. The summed E-state index contributed by atoms with van der Waals surface area (Å²) in [6.45, 7) is 0.629. The van der Waals surface area contributed by atoms with Gasteiger partial charge in [0.1, 0.15) is 6.26 Å². The van der Waals surface area contributed by atoms with Crippen molar-refractivity contribution in [3.8, 4) is 0 Å². The first-order valence-corrected chi connectivity index (χ1v) is 3.51. The van der Waals surface area contributed by atoms with Gasteiger partial charge in [0.25, 0.3) is 0 Å². The second-order valence-corrected chi connectivity index (χ2v) is 2.63. The second-order valence-electron chi connectivity index (χ2n) is 2.63. The van der Waals surface area contributed by atoms with Crippen LogP contribution in [0.25, 0.3) is 12.3 Å². The van der Waals surface area contributed by atoms with Crippen molar-refractivity contribution < 1.29 is 4.74 Å². The van der Waals surface area contributed by atoms with E-state index in [0.29, 0.717) is 6.73 Å². The number of ether oxygens (including phenoxy) is 1. The Kier molecular flexibility index (Phi) is 0.733. The Morgan fingerprint density at radius 3 is 3.55 bits per heavy atom. The van der Waals surface area contributed by atoms with Crippen LogP contribution in [0.3, 0.4) is 0 Å². The topological polar surface area (TPSA) is 26.5 Å². The average molecular weight is 146 g/mol. The lowest BCUT2D eigenvalue weighted by Gasteiger charge is -1.93. The van der Waals surface area contributed by atoms with Crippen molar-refractivity contribution in [2.45, 2.75) is 6.73 Å². The van der Waals surface area contributed by atoms with E-state index in [2.05, 4.69) is 9.56 Å². The van der Waals surface area contributed by atoms with Gasteiger partial charge in [-0.1, -0.05) is 0 Å². The summed E-state index contributed by atoms with van der Waals surface area (Å²) in [5.74, 6) is 0. The first kappa shape index (κ1) is 5.18. The molecule has 0 saturated carbocycles. The lowest BCUT2D eigenvalue weighted by Crippen LogP contribution is -2.21. The largest absolute Gasteiger partial charge is 0.478 e. The van der Waals surface area contributed by atoms with Gasteiger partial charge in [0.15, 0.2) is 6.73 Å². The third kappa shape index (κ3) is 0.510. The summed E-state index contributed by atoms with van der Waals surface area (Å²) >= 11 is 0. The molecule has 3 heteroatoms. The number of nitrogens with zero attached hydrogens (tertiary/aromatic N) is 2. The highest BCUT2D eigenvalue weighted by Crippen LogP contribution is 2.06. The molecule has 3 heterocycles. The highest BCUT2D eigenvalue weighted by Gasteiger charge is 2.09. The van der Waals surface area contributed by atoms with Crippen LogP contribution in [-0.4, -0.2) is 10.8 Å². The van der Waals surface area contributed by atoms with E-state index in [1.54, 1.807) is 6.26 Å². The van der Waals surface area contributed by atoms with E-state index in [4.69, 9.17) is 4.74 Å². The summed E-state index contributed by atoms with van der Waals surface area (Å²) in [6, 6.07) is 2.03. The molecule has 0 saturated heterocycles. The van der Waals surface area contributed by atoms with Gasteiger partial charge in [-0.2, -0.15) is 0 Å². The highest BCUT2D eigenvalue weighted by molar-refractivity contribution is 5.96. The molecule has 0 spiro atoms. The lowest BCUT2D eigenvalue weighted by molar-refractivity contribution is 0.235. The fourth-order valence-electron chi connectivity index (χ4n) is 1.48. The first-order chi connectivity index (χ1) is 5.45. The minimum absolute atomic E-state index is 0.629. The van der Waals surface area contributed by atoms with Gasteiger partial charge in [-0.15, -0.1) is 0 Å². The Bertz CT molecular complexity index is 453. The van der Waals surface area contributed by atoms with Gasteiger partial charge in [0.2, 0.25) is 0 Å². The molecule has 2 aliphatic rings. The molecule has 0 aromatic carbocycles. The fourth-order valence-corrected chi connectivity index (χ4v) is 1.48. The van der Waals surface area contributed by atoms with Crippen molar-refractivity contribution in [2.24, 2.45) is 4.99 Å². The number of hydrogen-bond acceptors (Lipinski definition) is 2. The van der Waals surface area contributed by atoms with Crippen LogP contribution in [0.2, 0.25) is 0 Å². The Morgan fingerprint density at radius 2 is 2.55 bits per heavy atom. The third-order valence-corrected chi connectivity index (χ3v) is 2.00. The zero-order chi connectivity index (χ0) is 7.26. The Hall–Kier alpha value is -1.51. The van der Waals surface area contributed by atoms with Crippen LogP contribution in [0.4, 0.5) is 5.69 Å². The number of aliphatic imine (C=N–C) groups is 1. The van der Waals surface area contributed by atoms with E-state index in [1.807, 2.05) is 18.4 Å². The number of aromatic nitrogens is 1. The van der Waals surface area contributed by atoms with Crippen LogP contribution >= 0.6 is 0 Å². The van der Waals surface area contributed by atoms with Crippen molar-refractivity contribution in [3.63, 3.8) is 0 Å². The van der Waals surface area contributed by atoms with E-state index < -0.39 is 0 Å². The molecule has 54 valence electrons. The third-order valence-electron chi connectivity index (χ3n) is 2.00. The van der Waals surface area contributed by atoms with Crippen LogP contribution in [0, 0.1) is 0 Å². The van der Waals surface area contributed by atoms with Crippen molar-refractivity contribution in [1.82, 2.24) is 4.57 Å². The minimum atomic E-state index is 0.629. The van der Waals surface area contributed by atoms with E-state index in [-0.39, 0.29) is 0 Å². The first-order valence-electron chi connectivity index (χ1n) is 3.51. The van der Waals surface area contributed by atoms with Gasteiger partial charge in [-0.25, -0.2) is 0 Å². The summed E-state index contributed by atoms with van der Waals surface area (Å²) in [4.78, 5) is 4.19. The Labute approximate surface area is 62.9 Å². The molecule has 1 aromatic rings. The van der Waals surface area contributed by atoms with Crippen LogP contribution in [0.15, 0.2) is 11.1 Å². The zero-order valence-electron chi connectivity index (χ0n) is 5.82. The second kappa shape index (κ2) is 1.56. The van der Waals surface area contributed by atoms with Gasteiger partial charge >= 0.3 is 0 Å². The SMILES string of the molecule is C1=Nc2cc3n(c2=C1)COC=3. The minimum Gasteiger partial charge on any atom is -0.478 e. The van der Waals surface area contributed by atoms with E-state index >= 15 is 0 Å². The standard InChI is InChI=1S/C8H6N2O/c1-2-9-7-3-6-4-11-5-10(6)8(1)7/h1-4H,5H2. The monoisotopic (exact) mass is 146 g/mol. The molecule has 0 atom stereocenters. The van der Waals surface area contributed by atoms with Crippen LogP contribution in [-0.2, 0) is 11.5 Å². The summed E-state index contributed by atoms with van der Waals surface area (Å²) < 4.78 is 7.24. The fraction of sp³-hybridized carbons (Fsp3) is 0.125. The van der Waals surface area contributed by atoms with Crippen molar-refractivity contribution in [3.05, 3.63) is 16.8 Å². The highest BCUT2D eigenvalue weighted by atomic mass is 16.5. The molecule has 0 unspecified atom stereocenters.